The highest BCUT2D eigenvalue weighted by atomic mass is 35.5. The molecule has 4 heteroatoms. The fraction of sp³-hybridized carbons (Fsp3) is 0.538. The van der Waals surface area contributed by atoms with Crippen LogP contribution in [0.2, 0.25) is 5.02 Å². The summed E-state index contributed by atoms with van der Waals surface area (Å²) in [6, 6.07) is 4.07. The fourth-order valence-corrected chi connectivity index (χ4v) is 1.86. The van der Waals surface area contributed by atoms with Gasteiger partial charge in [-0.25, -0.2) is 4.39 Å². The number of hydrogen-bond donors (Lipinski definition) is 1. The standard InChI is InChI=1S/C13H19ClFNO/c1-4-17-13(2,3)12(16)8-9-7-10(15)5-6-11(9)14/h5-7,12H,4,8,16H2,1-3H3. The van der Waals surface area contributed by atoms with Crippen LogP contribution in [0.4, 0.5) is 4.39 Å². The third-order valence-electron chi connectivity index (χ3n) is 2.86. The van der Waals surface area contributed by atoms with E-state index in [1.54, 1.807) is 6.07 Å². The van der Waals surface area contributed by atoms with Gasteiger partial charge in [-0.15, -0.1) is 0 Å². The Bertz CT molecular complexity index is 382. The molecule has 0 fully saturated rings. The normalized spacial score (nSPS) is 13.8. The van der Waals surface area contributed by atoms with Crippen molar-refractivity contribution in [2.75, 3.05) is 6.61 Å². The van der Waals surface area contributed by atoms with Gasteiger partial charge in [-0.3, -0.25) is 0 Å². The van der Waals surface area contributed by atoms with Crippen molar-refractivity contribution in [3.63, 3.8) is 0 Å². The minimum atomic E-state index is -0.454. The third kappa shape index (κ3) is 3.95. The summed E-state index contributed by atoms with van der Waals surface area (Å²) < 4.78 is 18.7. The van der Waals surface area contributed by atoms with Crippen LogP contribution in [0.1, 0.15) is 26.3 Å². The molecule has 1 aromatic rings. The van der Waals surface area contributed by atoms with Crippen LogP contribution in [0.3, 0.4) is 0 Å². The molecule has 0 aliphatic rings. The lowest BCUT2D eigenvalue weighted by molar-refractivity contribution is -0.0288. The molecular weight excluding hydrogens is 241 g/mol. The highest BCUT2D eigenvalue weighted by Gasteiger charge is 2.27. The molecule has 0 bridgehead atoms. The molecule has 1 aromatic carbocycles. The van der Waals surface area contributed by atoms with E-state index >= 15 is 0 Å². The first-order chi connectivity index (χ1) is 7.86. The molecule has 0 heterocycles. The van der Waals surface area contributed by atoms with Gasteiger partial charge in [0.2, 0.25) is 0 Å². The molecule has 0 aromatic heterocycles. The molecule has 0 aliphatic carbocycles. The number of hydrogen-bond acceptors (Lipinski definition) is 2. The minimum absolute atomic E-state index is 0.234. The summed E-state index contributed by atoms with van der Waals surface area (Å²) in [4.78, 5) is 0. The number of halogens is 2. The molecule has 96 valence electrons. The summed E-state index contributed by atoms with van der Waals surface area (Å²) in [6.07, 6.45) is 0.490. The Kier molecular flexibility index (Phi) is 4.92. The fourth-order valence-electron chi connectivity index (χ4n) is 1.66. The van der Waals surface area contributed by atoms with Crippen LogP contribution in [0.5, 0.6) is 0 Å². The smallest absolute Gasteiger partial charge is 0.123 e. The lowest BCUT2D eigenvalue weighted by atomic mass is 9.93. The highest BCUT2D eigenvalue weighted by molar-refractivity contribution is 6.31. The van der Waals surface area contributed by atoms with Crippen LogP contribution in [0.25, 0.3) is 0 Å². The van der Waals surface area contributed by atoms with E-state index in [9.17, 15) is 4.39 Å². The quantitative estimate of drug-likeness (QED) is 0.882. The monoisotopic (exact) mass is 259 g/mol. The summed E-state index contributed by atoms with van der Waals surface area (Å²) in [7, 11) is 0. The Morgan fingerprint density at radius 1 is 1.47 bits per heavy atom. The van der Waals surface area contributed by atoms with Crippen molar-refractivity contribution in [1.82, 2.24) is 0 Å². The van der Waals surface area contributed by atoms with E-state index in [-0.39, 0.29) is 11.9 Å². The first kappa shape index (κ1) is 14.4. The number of nitrogens with two attached hydrogens (primary N) is 1. The molecule has 0 spiro atoms. The van der Waals surface area contributed by atoms with Gasteiger partial charge in [-0.1, -0.05) is 11.6 Å². The maximum atomic E-state index is 13.1. The van der Waals surface area contributed by atoms with E-state index in [4.69, 9.17) is 22.1 Å². The van der Waals surface area contributed by atoms with Gasteiger partial charge >= 0.3 is 0 Å². The number of benzene rings is 1. The van der Waals surface area contributed by atoms with Crippen molar-refractivity contribution in [2.24, 2.45) is 5.73 Å². The molecule has 1 unspecified atom stereocenters. The Morgan fingerprint density at radius 2 is 2.12 bits per heavy atom. The predicted molar refractivity (Wildman–Crippen MR) is 68.8 cm³/mol. The van der Waals surface area contributed by atoms with Gasteiger partial charge in [0.25, 0.3) is 0 Å². The SMILES string of the molecule is CCOC(C)(C)C(N)Cc1cc(F)ccc1Cl. The molecule has 2 nitrogen and oxygen atoms in total. The van der Waals surface area contributed by atoms with E-state index in [1.807, 2.05) is 20.8 Å². The topological polar surface area (TPSA) is 35.2 Å². The second-order valence-corrected chi connectivity index (χ2v) is 4.99. The Hall–Kier alpha value is -0.640. The largest absolute Gasteiger partial charge is 0.374 e. The van der Waals surface area contributed by atoms with E-state index in [1.165, 1.54) is 12.1 Å². The second kappa shape index (κ2) is 5.80. The van der Waals surface area contributed by atoms with Crippen LogP contribution in [0, 0.1) is 5.82 Å². The van der Waals surface area contributed by atoms with Crippen molar-refractivity contribution in [2.45, 2.75) is 38.8 Å². The zero-order chi connectivity index (χ0) is 13.1. The van der Waals surface area contributed by atoms with Gasteiger partial charge in [0.05, 0.1) is 5.60 Å². The summed E-state index contributed by atoms with van der Waals surface area (Å²) in [5, 5.41) is 0.536. The van der Waals surface area contributed by atoms with Gasteiger partial charge in [-0.05, 0) is 51.0 Å². The van der Waals surface area contributed by atoms with Crippen molar-refractivity contribution in [3.05, 3.63) is 34.6 Å². The molecule has 17 heavy (non-hydrogen) atoms. The van der Waals surface area contributed by atoms with Crippen molar-refractivity contribution in [1.29, 1.82) is 0 Å². The van der Waals surface area contributed by atoms with Crippen LogP contribution >= 0.6 is 11.6 Å². The number of ether oxygens (including phenoxy) is 1. The van der Waals surface area contributed by atoms with Crippen LogP contribution in [-0.2, 0) is 11.2 Å². The average molecular weight is 260 g/mol. The van der Waals surface area contributed by atoms with E-state index < -0.39 is 5.60 Å². The third-order valence-corrected chi connectivity index (χ3v) is 3.23. The molecule has 1 rings (SSSR count). The van der Waals surface area contributed by atoms with E-state index in [2.05, 4.69) is 0 Å². The first-order valence-electron chi connectivity index (χ1n) is 5.70. The molecule has 0 amide bonds. The second-order valence-electron chi connectivity index (χ2n) is 4.58. The summed E-state index contributed by atoms with van der Waals surface area (Å²) in [6.45, 7) is 6.37. The highest BCUT2D eigenvalue weighted by Crippen LogP contribution is 2.22. The summed E-state index contributed by atoms with van der Waals surface area (Å²) in [5.74, 6) is -0.300. The van der Waals surface area contributed by atoms with Crippen LogP contribution in [-0.4, -0.2) is 18.2 Å². The van der Waals surface area contributed by atoms with E-state index in [0.717, 1.165) is 0 Å². The van der Waals surface area contributed by atoms with Crippen molar-refractivity contribution >= 4 is 11.6 Å². The molecule has 0 aliphatic heterocycles. The Morgan fingerprint density at radius 3 is 2.71 bits per heavy atom. The Labute approximate surface area is 107 Å². The van der Waals surface area contributed by atoms with E-state index in [0.29, 0.717) is 23.6 Å². The summed E-state index contributed by atoms with van der Waals surface area (Å²) in [5.41, 5.74) is 6.34. The molecule has 1 atom stereocenters. The lowest BCUT2D eigenvalue weighted by Gasteiger charge is -2.31. The Balaban J connectivity index is 2.80. The minimum Gasteiger partial charge on any atom is -0.374 e. The zero-order valence-electron chi connectivity index (χ0n) is 10.5. The predicted octanol–water partition coefficient (Wildman–Crippen LogP) is 3.16. The average Bonchev–Trinajstić information content (AvgIpc) is 2.23. The maximum Gasteiger partial charge on any atom is 0.123 e. The first-order valence-corrected chi connectivity index (χ1v) is 6.08. The molecule has 0 radical (unpaired) electrons. The molecule has 2 N–H and O–H groups in total. The van der Waals surface area contributed by atoms with Gasteiger partial charge in [0.1, 0.15) is 5.82 Å². The number of rotatable bonds is 5. The lowest BCUT2D eigenvalue weighted by Crippen LogP contribution is -2.46. The van der Waals surface area contributed by atoms with Crippen LogP contribution in [0.15, 0.2) is 18.2 Å². The van der Waals surface area contributed by atoms with Crippen molar-refractivity contribution in [3.8, 4) is 0 Å². The van der Waals surface area contributed by atoms with Gasteiger partial charge in [-0.2, -0.15) is 0 Å². The molecule has 0 saturated carbocycles. The van der Waals surface area contributed by atoms with Crippen molar-refractivity contribution < 1.29 is 9.13 Å². The van der Waals surface area contributed by atoms with Gasteiger partial charge < -0.3 is 10.5 Å². The molecular formula is C13H19ClFNO. The molecule has 0 saturated heterocycles. The zero-order valence-corrected chi connectivity index (χ0v) is 11.2. The van der Waals surface area contributed by atoms with Gasteiger partial charge in [0, 0.05) is 17.7 Å². The van der Waals surface area contributed by atoms with Gasteiger partial charge in [0.15, 0.2) is 0 Å². The van der Waals surface area contributed by atoms with Crippen LogP contribution < -0.4 is 5.73 Å². The maximum absolute atomic E-state index is 13.1. The summed E-state index contributed by atoms with van der Waals surface area (Å²) >= 11 is 6.00.